The SMILES string of the molecule is C[C@@H]1[C@H]2[C@H]3CC[C@@H]4[C@@]5(C)C(O)C(CCO)CC(C)(C)[C@@H]5CC[C@@]4(C)[C@]3(C)CC[C@@]2(C)CC[C@H]1C. The molecule has 0 aromatic carbocycles. The summed E-state index contributed by atoms with van der Waals surface area (Å²) >= 11 is 0. The molecule has 12 atom stereocenters. The van der Waals surface area contributed by atoms with Gasteiger partial charge < -0.3 is 10.2 Å². The molecule has 0 spiro atoms. The topological polar surface area (TPSA) is 40.5 Å². The van der Waals surface area contributed by atoms with Crippen LogP contribution in [-0.4, -0.2) is 22.9 Å². The van der Waals surface area contributed by atoms with Crippen LogP contribution in [0.15, 0.2) is 0 Å². The lowest BCUT2D eigenvalue weighted by Gasteiger charge is -2.74. The number of aliphatic hydroxyl groups is 2. The van der Waals surface area contributed by atoms with Gasteiger partial charge in [0.05, 0.1) is 6.10 Å². The summed E-state index contributed by atoms with van der Waals surface area (Å²) in [7, 11) is 0. The second-order valence-electron chi connectivity index (χ2n) is 16.0. The Hall–Kier alpha value is -0.0800. The molecular formula is C32H56O2. The largest absolute Gasteiger partial charge is 0.396 e. The number of aliphatic hydroxyl groups excluding tert-OH is 2. The van der Waals surface area contributed by atoms with Crippen molar-refractivity contribution in [1.29, 1.82) is 0 Å². The monoisotopic (exact) mass is 472 g/mol. The summed E-state index contributed by atoms with van der Waals surface area (Å²) < 4.78 is 0. The van der Waals surface area contributed by atoms with Crippen molar-refractivity contribution in [3.8, 4) is 0 Å². The lowest BCUT2D eigenvalue weighted by molar-refractivity contribution is -0.276. The molecule has 0 radical (unpaired) electrons. The summed E-state index contributed by atoms with van der Waals surface area (Å²) in [6.07, 6.45) is 12.5. The molecule has 0 aromatic heterocycles. The summed E-state index contributed by atoms with van der Waals surface area (Å²) in [5.74, 6) is 4.83. The van der Waals surface area contributed by atoms with E-state index in [1.807, 2.05) is 0 Å². The summed E-state index contributed by atoms with van der Waals surface area (Å²) in [5, 5.41) is 21.8. The molecule has 2 N–H and O–H groups in total. The van der Waals surface area contributed by atoms with Gasteiger partial charge in [-0.2, -0.15) is 0 Å². The fourth-order valence-corrected chi connectivity index (χ4v) is 12.5. The van der Waals surface area contributed by atoms with Gasteiger partial charge in [0.25, 0.3) is 0 Å². The predicted molar refractivity (Wildman–Crippen MR) is 141 cm³/mol. The molecule has 5 rings (SSSR count). The quantitative estimate of drug-likeness (QED) is 0.432. The Morgan fingerprint density at radius 2 is 1.47 bits per heavy atom. The smallest absolute Gasteiger partial charge is 0.0628 e. The second-order valence-corrected chi connectivity index (χ2v) is 16.0. The van der Waals surface area contributed by atoms with E-state index in [-0.39, 0.29) is 29.5 Å². The van der Waals surface area contributed by atoms with Crippen molar-refractivity contribution in [3.05, 3.63) is 0 Å². The number of hydrogen-bond donors (Lipinski definition) is 2. The molecule has 2 heteroatoms. The molecule has 0 aliphatic heterocycles. The maximum absolute atomic E-state index is 12.0. The molecule has 0 bridgehead atoms. The van der Waals surface area contributed by atoms with Gasteiger partial charge in [-0.15, -0.1) is 0 Å². The number of hydrogen-bond acceptors (Lipinski definition) is 2. The van der Waals surface area contributed by atoms with Crippen molar-refractivity contribution in [3.63, 3.8) is 0 Å². The Labute approximate surface area is 211 Å². The number of fused-ring (bicyclic) bond motifs is 7. The van der Waals surface area contributed by atoms with Crippen LogP contribution >= 0.6 is 0 Å². The van der Waals surface area contributed by atoms with Crippen LogP contribution in [0.4, 0.5) is 0 Å². The van der Waals surface area contributed by atoms with Gasteiger partial charge in [-0.25, -0.2) is 0 Å². The Kier molecular flexibility index (Phi) is 5.98. The molecule has 5 aliphatic carbocycles. The minimum atomic E-state index is -0.273. The minimum absolute atomic E-state index is 0.0329. The Morgan fingerprint density at radius 1 is 0.765 bits per heavy atom. The molecule has 0 heterocycles. The van der Waals surface area contributed by atoms with Crippen LogP contribution in [-0.2, 0) is 0 Å². The summed E-state index contributed by atoms with van der Waals surface area (Å²) in [6, 6.07) is 0. The van der Waals surface area contributed by atoms with Crippen LogP contribution in [0.5, 0.6) is 0 Å². The Bertz CT molecular complexity index is 790. The van der Waals surface area contributed by atoms with Gasteiger partial charge in [-0.1, -0.05) is 55.4 Å². The highest BCUT2D eigenvalue weighted by molar-refractivity contribution is 5.19. The summed E-state index contributed by atoms with van der Waals surface area (Å²) in [4.78, 5) is 0. The van der Waals surface area contributed by atoms with Crippen molar-refractivity contribution in [2.24, 2.45) is 68.5 Å². The van der Waals surface area contributed by atoms with Crippen molar-refractivity contribution >= 4 is 0 Å². The van der Waals surface area contributed by atoms with Gasteiger partial charge in [0.2, 0.25) is 0 Å². The molecule has 2 unspecified atom stereocenters. The van der Waals surface area contributed by atoms with Crippen molar-refractivity contribution in [1.82, 2.24) is 0 Å². The maximum Gasteiger partial charge on any atom is 0.0628 e. The third-order valence-corrected chi connectivity index (χ3v) is 14.5. The first-order chi connectivity index (χ1) is 15.8. The molecule has 5 fully saturated rings. The molecule has 34 heavy (non-hydrogen) atoms. The lowest BCUT2D eigenvalue weighted by Crippen LogP contribution is -2.69. The highest BCUT2D eigenvalue weighted by atomic mass is 16.3. The molecule has 5 saturated carbocycles. The average Bonchev–Trinajstić information content (AvgIpc) is 2.76. The molecule has 0 aromatic rings. The maximum atomic E-state index is 12.0. The molecule has 0 saturated heterocycles. The van der Waals surface area contributed by atoms with Crippen molar-refractivity contribution in [2.75, 3.05) is 6.61 Å². The highest BCUT2D eigenvalue weighted by Gasteiger charge is 2.71. The minimum Gasteiger partial charge on any atom is -0.396 e. The Balaban J connectivity index is 1.56. The summed E-state index contributed by atoms with van der Waals surface area (Å²) in [6.45, 7) is 20.8. The molecule has 196 valence electrons. The van der Waals surface area contributed by atoms with Gasteiger partial charge in [0.15, 0.2) is 0 Å². The van der Waals surface area contributed by atoms with Crippen LogP contribution in [0.1, 0.15) is 120 Å². The van der Waals surface area contributed by atoms with E-state index in [1.165, 1.54) is 51.4 Å². The first kappa shape index (κ1) is 25.6. The van der Waals surface area contributed by atoms with Crippen LogP contribution in [0.3, 0.4) is 0 Å². The zero-order valence-electron chi connectivity index (χ0n) is 23.8. The van der Waals surface area contributed by atoms with Crippen LogP contribution in [0, 0.1) is 68.5 Å². The predicted octanol–water partition coefficient (Wildman–Crippen LogP) is 7.71. The van der Waals surface area contributed by atoms with E-state index >= 15 is 0 Å². The zero-order chi connectivity index (χ0) is 24.9. The molecule has 2 nitrogen and oxygen atoms in total. The second kappa shape index (κ2) is 7.96. The standard InChI is InChI=1S/C32H56O2/c1-20-11-14-29(5)16-17-30(6)23(26(29)21(20)2)9-10-25-31(30,7)15-12-24-28(3,4)19-22(13-18-33)27(34)32(24,25)8/h20-27,33-34H,9-19H2,1-8H3/t20-,21+,22?,23-,24+,25+,26+,27?,29-,30-,31-,32+/m1/s1. The van der Waals surface area contributed by atoms with Gasteiger partial charge in [0.1, 0.15) is 0 Å². The van der Waals surface area contributed by atoms with E-state index in [1.54, 1.807) is 0 Å². The lowest BCUT2D eigenvalue weighted by atomic mass is 9.30. The van der Waals surface area contributed by atoms with E-state index in [0.29, 0.717) is 28.1 Å². The average molecular weight is 473 g/mol. The van der Waals surface area contributed by atoms with Crippen molar-refractivity contribution < 1.29 is 10.2 Å². The number of rotatable bonds is 2. The van der Waals surface area contributed by atoms with E-state index in [4.69, 9.17) is 0 Å². The fourth-order valence-electron chi connectivity index (χ4n) is 12.5. The highest BCUT2D eigenvalue weighted by Crippen LogP contribution is 2.77. The van der Waals surface area contributed by atoms with Gasteiger partial charge in [0, 0.05) is 12.0 Å². The molecule has 5 aliphatic rings. The van der Waals surface area contributed by atoms with E-state index < -0.39 is 0 Å². The van der Waals surface area contributed by atoms with Gasteiger partial charge >= 0.3 is 0 Å². The van der Waals surface area contributed by atoms with Gasteiger partial charge in [-0.3, -0.25) is 0 Å². The van der Waals surface area contributed by atoms with Gasteiger partial charge in [-0.05, 0) is 127 Å². The van der Waals surface area contributed by atoms with Crippen LogP contribution in [0.2, 0.25) is 0 Å². The third kappa shape index (κ3) is 3.12. The first-order valence-electron chi connectivity index (χ1n) is 15.1. The van der Waals surface area contributed by atoms with E-state index in [9.17, 15) is 10.2 Å². The molecule has 0 amide bonds. The molecular weight excluding hydrogens is 416 g/mol. The Morgan fingerprint density at radius 3 is 2.15 bits per heavy atom. The third-order valence-electron chi connectivity index (χ3n) is 14.5. The van der Waals surface area contributed by atoms with Crippen LogP contribution < -0.4 is 0 Å². The normalized spacial score (nSPS) is 58.8. The zero-order valence-corrected chi connectivity index (χ0v) is 23.8. The van der Waals surface area contributed by atoms with Crippen LogP contribution in [0.25, 0.3) is 0 Å². The van der Waals surface area contributed by atoms with Crippen molar-refractivity contribution in [2.45, 2.75) is 126 Å². The first-order valence-corrected chi connectivity index (χ1v) is 15.1. The summed E-state index contributed by atoms with van der Waals surface area (Å²) in [5.41, 5.74) is 1.44. The van der Waals surface area contributed by atoms with E-state index in [2.05, 4.69) is 55.4 Å². The van der Waals surface area contributed by atoms with E-state index in [0.717, 1.165) is 36.5 Å². The fraction of sp³-hybridized carbons (Fsp3) is 1.00.